The van der Waals surface area contributed by atoms with Crippen LogP contribution in [0.2, 0.25) is 0 Å². The van der Waals surface area contributed by atoms with Gasteiger partial charge in [0.05, 0.1) is 12.8 Å². The number of rotatable bonds is 6. The molecule has 0 radical (unpaired) electrons. The highest BCUT2D eigenvalue weighted by atomic mass is 16.7. The third-order valence-electron chi connectivity index (χ3n) is 4.31. The minimum Gasteiger partial charge on any atom is -0.467 e. The van der Waals surface area contributed by atoms with Gasteiger partial charge in [0, 0.05) is 17.7 Å². The molecule has 0 spiro atoms. The van der Waals surface area contributed by atoms with Gasteiger partial charge in [-0.05, 0) is 48.0 Å². The fourth-order valence-electron chi connectivity index (χ4n) is 2.78. The number of carbonyl (C=O) groups is 2. The van der Waals surface area contributed by atoms with E-state index in [2.05, 4.69) is 10.6 Å². The lowest BCUT2D eigenvalue weighted by atomic mass is 10.1. The molecule has 2 amide bonds. The Kier molecular flexibility index (Phi) is 4.97. The molecule has 0 saturated carbocycles. The zero-order valence-corrected chi connectivity index (χ0v) is 14.9. The lowest BCUT2D eigenvalue weighted by Crippen LogP contribution is -2.23. The first-order valence-electron chi connectivity index (χ1n) is 8.76. The van der Waals surface area contributed by atoms with Crippen molar-refractivity contribution in [3.8, 4) is 11.5 Å². The van der Waals surface area contributed by atoms with Crippen molar-refractivity contribution >= 4 is 11.8 Å². The van der Waals surface area contributed by atoms with Crippen LogP contribution in [-0.4, -0.2) is 18.6 Å². The third kappa shape index (κ3) is 3.98. The van der Waals surface area contributed by atoms with Gasteiger partial charge in [0.25, 0.3) is 11.8 Å². The molecule has 1 aliphatic rings. The molecule has 0 bridgehead atoms. The molecule has 1 aromatic heterocycles. The van der Waals surface area contributed by atoms with Gasteiger partial charge in [-0.1, -0.05) is 12.1 Å². The van der Waals surface area contributed by atoms with Gasteiger partial charge in [-0.25, -0.2) is 0 Å². The van der Waals surface area contributed by atoms with Gasteiger partial charge in [0.1, 0.15) is 5.76 Å². The summed E-state index contributed by atoms with van der Waals surface area (Å²) in [6, 6.07) is 15.7. The first-order chi connectivity index (χ1) is 13.7. The Morgan fingerprint density at radius 3 is 2.32 bits per heavy atom. The van der Waals surface area contributed by atoms with Crippen LogP contribution in [0.3, 0.4) is 0 Å². The summed E-state index contributed by atoms with van der Waals surface area (Å²) in [4.78, 5) is 24.5. The molecule has 0 aliphatic carbocycles. The van der Waals surface area contributed by atoms with Crippen molar-refractivity contribution in [2.45, 2.75) is 13.1 Å². The second-order valence-corrected chi connectivity index (χ2v) is 6.21. The van der Waals surface area contributed by atoms with Crippen LogP contribution in [0.5, 0.6) is 11.5 Å². The van der Waals surface area contributed by atoms with Gasteiger partial charge in [-0.3, -0.25) is 9.59 Å². The van der Waals surface area contributed by atoms with E-state index in [0.717, 1.165) is 5.56 Å². The van der Waals surface area contributed by atoms with E-state index >= 15 is 0 Å². The van der Waals surface area contributed by atoms with Crippen molar-refractivity contribution in [3.05, 3.63) is 83.3 Å². The van der Waals surface area contributed by atoms with Crippen molar-refractivity contribution in [2.24, 2.45) is 0 Å². The minimum atomic E-state index is -0.210. The molecule has 2 aromatic carbocycles. The van der Waals surface area contributed by atoms with Gasteiger partial charge in [0.15, 0.2) is 11.5 Å². The number of benzene rings is 2. The van der Waals surface area contributed by atoms with E-state index in [-0.39, 0.29) is 18.6 Å². The second-order valence-electron chi connectivity index (χ2n) is 6.21. The standard InChI is InChI=1S/C21H18N2O5/c24-20(23-12-17-2-1-9-26-17)15-5-3-14(4-6-15)11-22-21(25)16-7-8-18-19(10-16)28-13-27-18/h1-10H,11-13H2,(H,22,25)(H,23,24). The van der Waals surface area contributed by atoms with E-state index in [1.54, 1.807) is 48.7 Å². The molecular weight excluding hydrogens is 360 g/mol. The van der Waals surface area contributed by atoms with Crippen LogP contribution in [-0.2, 0) is 13.1 Å². The van der Waals surface area contributed by atoms with E-state index in [9.17, 15) is 9.59 Å². The van der Waals surface area contributed by atoms with Crippen LogP contribution in [0.25, 0.3) is 0 Å². The van der Waals surface area contributed by atoms with Crippen molar-refractivity contribution in [1.82, 2.24) is 10.6 Å². The third-order valence-corrected chi connectivity index (χ3v) is 4.31. The maximum atomic E-state index is 12.3. The fraction of sp³-hybridized carbons (Fsp3) is 0.143. The number of hydrogen-bond donors (Lipinski definition) is 2. The predicted molar refractivity (Wildman–Crippen MR) is 100 cm³/mol. The number of hydrogen-bond acceptors (Lipinski definition) is 5. The van der Waals surface area contributed by atoms with E-state index in [1.807, 2.05) is 12.1 Å². The molecule has 2 heterocycles. The molecule has 1 aliphatic heterocycles. The normalized spacial score (nSPS) is 11.9. The molecule has 2 N–H and O–H groups in total. The summed E-state index contributed by atoms with van der Waals surface area (Å²) in [7, 11) is 0. The Morgan fingerprint density at radius 1 is 0.821 bits per heavy atom. The Bertz CT molecular complexity index is 981. The average molecular weight is 378 g/mol. The number of carbonyl (C=O) groups excluding carboxylic acids is 2. The van der Waals surface area contributed by atoms with Crippen molar-refractivity contribution < 1.29 is 23.5 Å². The summed E-state index contributed by atoms with van der Waals surface area (Å²) in [6.45, 7) is 0.850. The molecule has 0 fully saturated rings. The summed E-state index contributed by atoms with van der Waals surface area (Å²) < 4.78 is 15.7. The molecule has 142 valence electrons. The van der Waals surface area contributed by atoms with Crippen LogP contribution in [0.15, 0.2) is 65.3 Å². The number of amides is 2. The maximum Gasteiger partial charge on any atom is 0.251 e. The van der Waals surface area contributed by atoms with Gasteiger partial charge in [-0.2, -0.15) is 0 Å². The molecule has 3 aromatic rings. The molecule has 4 rings (SSSR count). The fourth-order valence-corrected chi connectivity index (χ4v) is 2.78. The van der Waals surface area contributed by atoms with Gasteiger partial charge in [0.2, 0.25) is 6.79 Å². The lowest BCUT2D eigenvalue weighted by molar-refractivity contribution is 0.0940. The van der Waals surface area contributed by atoms with Crippen LogP contribution < -0.4 is 20.1 Å². The molecule has 7 nitrogen and oxygen atoms in total. The van der Waals surface area contributed by atoms with Crippen LogP contribution in [0.1, 0.15) is 32.0 Å². The molecule has 0 saturated heterocycles. The highest BCUT2D eigenvalue weighted by Crippen LogP contribution is 2.32. The minimum absolute atomic E-state index is 0.168. The molecule has 7 heteroatoms. The van der Waals surface area contributed by atoms with Crippen molar-refractivity contribution in [2.75, 3.05) is 6.79 Å². The molecule has 0 atom stereocenters. The first kappa shape index (κ1) is 17.7. The highest BCUT2D eigenvalue weighted by Gasteiger charge is 2.16. The molecular formula is C21H18N2O5. The summed E-state index contributed by atoms with van der Waals surface area (Å²) in [5.74, 6) is 1.50. The Morgan fingerprint density at radius 2 is 1.54 bits per heavy atom. The predicted octanol–water partition coefficient (Wildman–Crippen LogP) is 2.87. The van der Waals surface area contributed by atoms with E-state index in [4.69, 9.17) is 13.9 Å². The Hall–Kier alpha value is -3.74. The smallest absolute Gasteiger partial charge is 0.251 e. The zero-order valence-electron chi connectivity index (χ0n) is 14.9. The van der Waals surface area contributed by atoms with E-state index < -0.39 is 0 Å². The van der Waals surface area contributed by atoms with Crippen molar-refractivity contribution in [1.29, 1.82) is 0 Å². The van der Waals surface area contributed by atoms with Gasteiger partial charge in [-0.15, -0.1) is 0 Å². The summed E-state index contributed by atoms with van der Waals surface area (Å²) in [5.41, 5.74) is 1.92. The average Bonchev–Trinajstić information content (AvgIpc) is 3.41. The summed E-state index contributed by atoms with van der Waals surface area (Å²) >= 11 is 0. The number of ether oxygens (including phenoxy) is 2. The Balaban J connectivity index is 1.30. The van der Waals surface area contributed by atoms with Crippen molar-refractivity contribution in [3.63, 3.8) is 0 Å². The quantitative estimate of drug-likeness (QED) is 0.688. The summed E-state index contributed by atoms with van der Waals surface area (Å²) in [5, 5.41) is 5.64. The van der Waals surface area contributed by atoms with E-state index in [1.165, 1.54) is 0 Å². The number of furan rings is 1. The Labute approximate surface area is 161 Å². The van der Waals surface area contributed by atoms with Gasteiger partial charge < -0.3 is 24.5 Å². The van der Waals surface area contributed by atoms with E-state index in [0.29, 0.717) is 41.5 Å². The molecule has 28 heavy (non-hydrogen) atoms. The second kappa shape index (κ2) is 7.87. The SMILES string of the molecule is O=C(NCc1ccc(C(=O)NCc2ccco2)cc1)c1ccc2c(c1)OCO2. The maximum absolute atomic E-state index is 12.3. The van der Waals surface area contributed by atoms with Gasteiger partial charge >= 0.3 is 0 Å². The lowest BCUT2D eigenvalue weighted by Gasteiger charge is -2.08. The van der Waals surface area contributed by atoms with Crippen LogP contribution in [0, 0.1) is 0 Å². The zero-order chi connectivity index (χ0) is 19.3. The largest absolute Gasteiger partial charge is 0.467 e. The monoisotopic (exact) mass is 378 g/mol. The van der Waals surface area contributed by atoms with Crippen LogP contribution >= 0.6 is 0 Å². The molecule has 0 unspecified atom stereocenters. The number of fused-ring (bicyclic) bond motifs is 1. The summed E-state index contributed by atoms with van der Waals surface area (Å²) in [6.07, 6.45) is 1.56. The highest BCUT2D eigenvalue weighted by molar-refractivity contribution is 5.95. The number of nitrogens with one attached hydrogen (secondary N) is 2. The first-order valence-corrected chi connectivity index (χ1v) is 8.76. The van der Waals surface area contributed by atoms with Crippen LogP contribution in [0.4, 0.5) is 0 Å². The topological polar surface area (TPSA) is 89.8 Å².